The Morgan fingerprint density at radius 1 is 1.24 bits per heavy atom. The highest BCUT2D eigenvalue weighted by Crippen LogP contribution is 2.17. The number of hydrogen-bond acceptors (Lipinski definition) is 5. The summed E-state index contributed by atoms with van der Waals surface area (Å²) >= 11 is 0. The standard InChI is InChI=1S/C20H36N4O3S.HI/c1-7-21-20(23-15-18(27-8-2)11-12-24(4)5)22-14-17-9-10-19(16(3)13-17)28(6,25)26;/h9-10,13,18H,7-8,11-12,14-15H2,1-6H3,(H2,21,22,23);1H. The van der Waals surface area contributed by atoms with Crippen LogP contribution < -0.4 is 10.6 Å². The van der Waals surface area contributed by atoms with E-state index < -0.39 is 9.84 Å². The van der Waals surface area contributed by atoms with Crippen LogP contribution in [0.3, 0.4) is 0 Å². The van der Waals surface area contributed by atoms with Crippen LogP contribution in [-0.2, 0) is 21.1 Å². The lowest BCUT2D eigenvalue weighted by atomic mass is 10.1. The van der Waals surface area contributed by atoms with Gasteiger partial charge in [-0.15, -0.1) is 24.0 Å². The number of nitrogens with zero attached hydrogens (tertiary/aromatic N) is 2. The highest BCUT2D eigenvalue weighted by Gasteiger charge is 2.12. The fourth-order valence-electron chi connectivity index (χ4n) is 2.83. The predicted molar refractivity (Wildman–Crippen MR) is 131 cm³/mol. The van der Waals surface area contributed by atoms with Crippen molar-refractivity contribution >= 4 is 39.8 Å². The average molecular weight is 541 g/mol. The first kappa shape index (κ1) is 28.1. The van der Waals surface area contributed by atoms with Crippen LogP contribution in [0.25, 0.3) is 0 Å². The van der Waals surface area contributed by atoms with Crippen LogP contribution >= 0.6 is 24.0 Å². The van der Waals surface area contributed by atoms with E-state index in [1.165, 1.54) is 6.26 Å². The van der Waals surface area contributed by atoms with Crippen LogP contribution in [0, 0.1) is 6.92 Å². The number of nitrogens with one attached hydrogen (secondary N) is 2. The van der Waals surface area contributed by atoms with E-state index in [0.717, 1.165) is 36.6 Å². The van der Waals surface area contributed by atoms with Gasteiger partial charge in [-0.05, 0) is 58.5 Å². The van der Waals surface area contributed by atoms with Gasteiger partial charge in [-0.25, -0.2) is 13.4 Å². The van der Waals surface area contributed by atoms with Gasteiger partial charge < -0.3 is 20.3 Å². The third-order valence-corrected chi connectivity index (χ3v) is 5.46. The molecular weight excluding hydrogens is 503 g/mol. The third-order valence-electron chi connectivity index (χ3n) is 4.20. The zero-order valence-corrected chi connectivity index (χ0v) is 21.6. The number of halogens is 1. The Labute approximate surface area is 193 Å². The molecule has 0 fully saturated rings. The summed E-state index contributed by atoms with van der Waals surface area (Å²) in [5.74, 6) is 0.724. The Hall–Kier alpha value is -0.910. The van der Waals surface area contributed by atoms with Crippen molar-refractivity contribution in [2.45, 2.75) is 44.7 Å². The molecule has 0 aliphatic rings. The van der Waals surface area contributed by atoms with Crippen molar-refractivity contribution in [2.75, 3.05) is 46.6 Å². The van der Waals surface area contributed by atoms with Crippen molar-refractivity contribution in [1.29, 1.82) is 0 Å². The quantitative estimate of drug-likeness (QED) is 0.255. The maximum Gasteiger partial charge on any atom is 0.191 e. The summed E-state index contributed by atoms with van der Waals surface area (Å²) in [5.41, 5.74) is 1.71. The third kappa shape index (κ3) is 11.2. The smallest absolute Gasteiger partial charge is 0.191 e. The lowest BCUT2D eigenvalue weighted by Crippen LogP contribution is -2.42. The maximum absolute atomic E-state index is 11.8. The van der Waals surface area contributed by atoms with Crippen LogP contribution in [0.4, 0.5) is 0 Å². The number of sulfone groups is 1. The van der Waals surface area contributed by atoms with Crippen molar-refractivity contribution in [3.8, 4) is 0 Å². The van der Waals surface area contributed by atoms with Gasteiger partial charge in [0.15, 0.2) is 15.8 Å². The van der Waals surface area contributed by atoms with Crippen molar-refractivity contribution in [3.63, 3.8) is 0 Å². The summed E-state index contributed by atoms with van der Waals surface area (Å²) in [6.45, 7) is 9.39. The fraction of sp³-hybridized carbons (Fsp3) is 0.650. The number of rotatable bonds is 11. The molecule has 1 aromatic rings. The molecule has 0 amide bonds. The van der Waals surface area contributed by atoms with E-state index in [1.54, 1.807) is 6.07 Å². The van der Waals surface area contributed by atoms with Gasteiger partial charge in [-0.2, -0.15) is 0 Å². The minimum Gasteiger partial charge on any atom is -0.377 e. The van der Waals surface area contributed by atoms with Crippen LogP contribution in [-0.4, -0.2) is 72.0 Å². The molecule has 7 nitrogen and oxygen atoms in total. The van der Waals surface area contributed by atoms with Crippen molar-refractivity contribution in [3.05, 3.63) is 29.3 Å². The number of benzene rings is 1. The molecule has 0 spiro atoms. The van der Waals surface area contributed by atoms with E-state index in [1.807, 2.05) is 32.9 Å². The van der Waals surface area contributed by atoms with Gasteiger partial charge in [0, 0.05) is 32.5 Å². The van der Waals surface area contributed by atoms with Gasteiger partial charge >= 0.3 is 0 Å². The Bertz CT molecular complexity index is 739. The second-order valence-corrected chi connectivity index (χ2v) is 9.10. The van der Waals surface area contributed by atoms with Gasteiger partial charge in [0.05, 0.1) is 17.5 Å². The van der Waals surface area contributed by atoms with Gasteiger partial charge in [-0.1, -0.05) is 12.1 Å². The number of guanidine groups is 1. The van der Waals surface area contributed by atoms with Crippen molar-refractivity contribution < 1.29 is 13.2 Å². The topological polar surface area (TPSA) is 83.0 Å². The van der Waals surface area contributed by atoms with E-state index in [9.17, 15) is 8.42 Å². The molecule has 0 aliphatic carbocycles. The first-order valence-corrected chi connectivity index (χ1v) is 11.6. The number of aryl methyl sites for hydroxylation is 1. The van der Waals surface area contributed by atoms with Crippen LogP contribution in [0.2, 0.25) is 0 Å². The van der Waals surface area contributed by atoms with Gasteiger partial charge in [-0.3, -0.25) is 0 Å². The molecule has 1 atom stereocenters. The molecular formula is C20H37IN4O3S. The van der Waals surface area contributed by atoms with Gasteiger partial charge in [0.1, 0.15) is 0 Å². The minimum absolute atomic E-state index is 0. The summed E-state index contributed by atoms with van der Waals surface area (Å²) < 4.78 is 29.3. The second kappa shape index (κ2) is 14.2. The molecule has 2 N–H and O–H groups in total. The number of hydrogen-bond donors (Lipinski definition) is 2. The first-order chi connectivity index (χ1) is 13.2. The summed E-state index contributed by atoms with van der Waals surface area (Å²) in [4.78, 5) is 7.14. The van der Waals surface area contributed by atoms with E-state index in [4.69, 9.17) is 4.74 Å². The highest BCUT2D eigenvalue weighted by atomic mass is 127. The lowest BCUT2D eigenvalue weighted by Gasteiger charge is -2.21. The lowest BCUT2D eigenvalue weighted by molar-refractivity contribution is 0.0548. The number of aliphatic imine (C=N–C) groups is 1. The summed E-state index contributed by atoms with van der Waals surface area (Å²) in [5, 5.41) is 6.59. The van der Waals surface area contributed by atoms with E-state index in [-0.39, 0.29) is 30.1 Å². The Morgan fingerprint density at radius 3 is 2.45 bits per heavy atom. The average Bonchev–Trinajstić information content (AvgIpc) is 2.60. The van der Waals surface area contributed by atoms with Crippen LogP contribution in [0.5, 0.6) is 0 Å². The SMILES string of the molecule is CCNC(=NCc1ccc(S(C)(=O)=O)c(C)c1)NCC(CCN(C)C)OCC.I. The normalized spacial score (nSPS) is 13.1. The molecule has 0 aromatic heterocycles. The van der Waals surface area contributed by atoms with Crippen molar-refractivity contribution in [2.24, 2.45) is 4.99 Å². The zero-order valence-electron chi connectivity index (χ0n) is 18.5. The molecule has 1 rings (SSSR count). The second-order valence-electron chi connectivity index (χ2n) is 7.12. The predicted octanol–water partition coefficient (Wildman–Crippen LogP) is 2.43. The molecule has 1 unspecified atom stereocenters. The van der Waals surface area contributed by atoms with E-state index in [2.05, 4.69) is 34.6 Å². The monoisotopic (exact) mass is 540 g/mol. The molecule has 0 aliphatic heterocycles. The zero-order chi connectivity index (χ0) is 21.2. The Kier molecular flexibility index (Phi) is 13.7. The molecule has 0 saturated carbocycles. The highest BCUT2D eigenvalue weighted by molar-refractivity contribution is 14.0. The molecule has 168 valence electrons. The van der Waals surface area contributed by atoms with Crippen LogP contribution in [0.1, 0.15) is 31.4 Å². The fourth-order valence-corrected chi connectivity index (χ4v) is 3.79. The number of ether oxygens (including phenoxy) is 1. The first-order valence-electron chi connectivity index (χ1n) is 9.75. The minimum atomic E-state index is -3.20. The molecule has 9 heteroatoms. The van der Waals surface area contributed by atoms with Gasteiger partial charge in [0.2, 0.25) is 0 Å². The Morgan fingerprint density at radius 2 is 1.93 bits per heavy atom. The molecule has 0 saturated heterocycles. The molecule has 1 aromatic carbocycles. The summed E-state index contributed by atoms with van der Waals surface area (Å²) in [6.07, 6.45) is 2.29. The van der Waals surface area contributed by atoms with E-state index >= 15 is 0 Å². The maximum atomic E-state index is 11.8. The summed E-state index contributed by atoms with van der Waals surface area (Å²) in [6, 6.07) is 5.35. The van der Waals surface area contributed by atoms with E-state index in [0.29, 0.717) is 24.6 Å². The summed E-state index contributed by atoms with van der Waals surface area (Å²) in [7, 11) is 0.906. The molecule has 0 bridgehead atoms. The molecule has 29 heavy (non-hydrogen) atoms. The van der Waals surface area contributed by atoms with Crippen LogP contribution in [0.15, 0.2) is 28.1 Å². The van der Waals surface area contributed by atoms with Crippen molar-refractivity contribution in [1.82, 2.24) is 15.5 Å². The largest absolute Gasteiger partial charge is 0.377 e. The molecule has 0 radical (unpaired) electrons. The van der Waals surface area contributed by atoms with Gasteiger partial charge in [0.25, 0.3) is 0 Å². The molecule has 0 heterocycles. The Balaban J connectivity index is 0.00000784.